The Kier molecular flexibility index (Phi) is 5.90. The molecule has 0 saturated heterocycles. The molecule has 3 nitrogen and oxygen atoms in total. The van der Waals surface area contributed by atoms with Crippen molar-refractivity contribution in [2.75, 3.05) is 13.7 Å². The van der Waals surface area contributed by atoms with Gasteiger partial charge >= 0.3 is 88.2 Å². The number of hydrogen-bond acceptors (Lipinski definition) is 3. The predicted octanol–water partition coefficient (Wildman–Crippen LogP) is 1.45. The van der Waals surface area contributed by atoms with Gasteiger partial charge in [-0.3, -0.25) is 0 Å². The summed E-state index contributed by atoms with van der Waals surface area (Å²) in [5, 5.41) is 0. The molecule has 0 aromatic heterocycles. The third-order valence-electron chi connectivity index (χ3n) is 1.44. The van der Waals surface area contributed by atoms with Crippen LogP contribution < -0.4 is 0 Å². The fourth-order valence-corrected chi connectivity index (χ4v) is 1.89. The fourth-order valence-electron chi connectivity index (χ4n) is 0.622. The Morgan fingerprint density at radius 1 is 1.43 bits per heavy atom. The van der Waals surface area contributed by atoms with Crippen LogP contribution in [0.5, 0.6) is 0 Å². The van der Waals surface area contributed by atoms with Crippen LogP contribution in [-0.4, -0.2) is 39.1 Å². The Hall–Kier alpha value is -0.467. The minimum absolute atomic E-state index is 0.176. The molecule has 0 aliphatic heterocycles. The van der Waals surface area contributed by atoms with Gasteiger partial charge in [-0.2, -0.15) is 0 Å². The molecule has 1 unspecified atom stereocenters. The van der Waals surface area contributed by atoms with Gasteiger partial charge in [0.25, 0.3) is 0 Å². The van der Waals surface area contributed by atoms with E-state index in [1.165, 1.54) is 7.11 Å². The first kappa shape index (κ1) is 13.5. The van der Waals surface area contributed by atoms with E-state index < -0.39 is 19.4 Å². The van der Waals surface area contributed by atoms with Crippen molar-refractivity contribution in [2.24, 2.45) is 0 Å². The molecule has 0 fully saturated rings. The number of carbonyl (C=O) groups excluding carboxylic acids is 1. The second-order valence-electron chi connectivity index (χ2n) is 4.04. The van der Waals surface area contributed by atoms with Crippen molar-refractivity contribution in [1.29, 1.82) is 0 Å². The zero-order valence-corrected chi connectivity index (χ0v) is 11.6. The van der Waals surface area contributed by atoms with Crippen LogP contribution in [0.15, 0.2) is 0 Å². The molecule has 0 aliphatic carbocycles. The first-order valence-corrected chi connectivity index (χ1v) is 11.9. The summed E-state index contributed by atoms with van der Waals surface area (Å²) in [7, 11) is 1.47. The van der Waals surface area contributed by atoms with Crippen molar-refractivity contribution in [3.05, 3.63) is 0 Å². The molecule has 0 heterocycles. The monoisotopic (exact) mass is 260 g/mol. The van der Waals surface area contributed by atoms with Crippen LogP contribution in [-0.2, 0) is 14.3 Å². The van der Waals surface area contributed by atoms with Crippen molar-refractivity contribution in [2.45, 2.75) is 30.3 Å². The maximum atomic E-state index is 11.1. The number of rotatable bonds is 3. The summed E-state index contributed by atoms with van der Waals surface area (Å²) < 4.78 is 12.8. The van der Waals surface area contributed by atoms with Gasteiger partial charge < -0.3 is 0 Å². The maximum absolute atomic E-state index is 11.1. The van der Waals surface area contributed by atoms with Crippen LogP contribution in [0.1, 0.15) is 6.92 Å². The molecule has 0 N–H and O–H groups in total. The van der Waals surface area contributed by atoms with Gasteiger partial charge in [0.2, 0.25) is 0 Å². The molecule has 0 rings (SSSR count). The third-order valence-corrected chi connectivity index (χ3v) is 3.38. The number of hydrogen-bond donors (Lipinski definition) is 0. The average molecular weight is 259 g/mol. The van der Waals surface area contributed by atoms with E-state index in [1.807, 2.05) is 0 Å². The Labute approximate surface area is 88.5 Å². The molecule has 0 bridgehead atoms. The van der Waals surface area contributed by atoms with E-state index >= 15 is 0 Å². The Bertz CT molecular complexity index is 244. The van der Waals surface area contributed by atoms with Crippen molar-refractivity contribution in [3.8, 4) is 10.7 Å². The van der Waals surface area contributed by atoms with Gasteiger partial charge in [-0.05, 0) is 0 Å². The Morgan fingerprint density at radius 3 is 2.43 bits per heavy atom. The molecular formula is C10H18GeO3. The van der Waals surface area contributed by atoms with Gasteiger partial charge in [0.1, 0.15) is 0 Å². The molecule has 0 amide bonds. The molecular weight excluding hydrogens is 241 g/mol. The summed E-state index contributed by atoms with van der Waals surface area (Å²) in [6, 6.07) is 0. The summed E-state index contributed by atoms with van der Waals surface area (Å²) in [6.45, 7) is 1.83. The average Bonchev–Trinajstić information content (AvgIpc) is 2.09. The number of methoxy groups -OCH3 is 1. The van der Waals surface area contributed by atoms with Crippen molar-refractivity contribution >= 4 is 19.2 Å². The van der Waals surface area contributed by atoms with Gasteiger partial charge in [-0.25, -0.2) is 0 Å². The summed E-state index contributed by atoms with van der Waals surface area (Å²) in [4.78, 5) is 11.1. The zero-order valence-electron chi connectivity index (χ0n) is 9.51. The van der Waals surface area contributed by atoms with Gasteiger partial charge in [0.15, 0.2) is 0 Å². The van der Waals surface area contributed by atoms with Gasteiger partial charge in [-0.1, -0.05) is 0 Å². The standard InChI is InChI=1S/C10H18GeO3/c1-9(13-5)10(12)14-8-6-7-11(2,3)4/h9H,8H2,1-5H3. The number of esters is 1. The number of carbonyl (C=O) groups is 1. The predicted molar refractivity (Wildman–Crippen MR) is 58.6 cm³/mol. The summed E-state index contributed by atoms with van der Waals surface area (Å²) in [5.41, 5.74) is 0. The quantitative estimate of drug-likeness (QED) is 0.437. The summed E-state index contributed by atoms with van der Waals surface area (Å²) >= 11 is -1.80. The zero-order chi connectivity index (χ0) is 11.2. The van der Waals surface area contributed by atoms with Crippen LogP contribution in [0.25, 0.3) is 0 Å². The number of ether oxygens (including phenoxy) is 2. The summed E-state index contributed by atoms with van der Waals surface area (Å²) in [5.74, 6) is 9.07. The van der Waals surface area contributed by atoms with Crippen molar-refractivity contribution in [1.82, 2.24) is 0 Å². The van der Waals surface area contributed by atoms with Gasteiger partial charge in [0.05, 0.1) is 0 Å². The van der Waals surface area contributed by atoms with Crippen LogP contribution in [0.4, 0.5) is 0 Å². The van der Waals surface area contributed by atoms with Gasteiger partial charge in [0, 0.05) is 0 Å². The normalized spacial score (nSPS) is 12.6. The first-order valence-electron chi connectivity index (χ1n) is 4.56. The fraction of sp³-hybridized carbons (Fsp3) is 0.700. The third kappa shape index (κ3) is 6.99. The van der Waals surface area contributed by atoms with Crippen molar-refractivity contribution in [3.63, 3.8) is 0 Å². The van der Waals surface area contributed by atoms with E-state index in [1.54, 1.807) is 6.92 Å². The molecule has 0 aromatic carbocycles. The first-order chi connectivity index (χ1) is 6.37. The Morgan fingerprint density at radius 2 is 2.00 bits per heavy atom. The van der Waals surface area contributed by atoms with E-state index in [0.717, 1.165) is 0 Å². The molecule has 0 aromatic rings. The second kappa shape index (κ2) is 6.10. The van der Waals surface area contributed by atoms with E-state index in [-0.39, 0.29) is 12.6 Å². The SMILES string of the molecule is COC(C)C(=O)OCC#[C][Ge]([CH3])([CH3])[CH3]. The summed E-state index contributed by atoms with van der Waals surface area (Å²) in [6.07, 6.45) is -0.507. The van der Waals surface area contributed by atoms with E-state index in [9.17, 15) is 4.79 Å². The molecule has 14 heavy (non-hydrogen) atoms. The van der Waals surface area contributed by atoms with Crippen molar-refractivity contribution < 1.29 is 14.3 Å². The molecule has 0 aliphatic rings. The van der Waals surface area contributed by atoms with E-state index in [0.29, 0.717) is 0 Å². The van der Waals surface area contributed by atoms with Crippen LogP contribution in [0.3, 0.4) is 0 Å². The molecule has 0 spiro atoms. The minimum atomic E-state index is -1.80. The molecule has 80 valence electrons. The van der Waals surface area contributed by atoms with Crippen LogP contribution >= 0.6 is 0 Å². The molecule has 1 atom stereocenters. The molecule has 4 heteroatoms. The van der Waals surface area contributed by atoms with E-state index in [4.69, 9.17) is 9.47 Å². The van der Waals surface area contributed by atoms with Crippen LogP contribution in [0.2, 0.25) is 17.3 Å². The van der Waals surface area contributed by atoms with Crippen LogP contribution in [0, 0.1) is 10.7 Å². The van der Waals surface area contributed by atoms with Gasteiger partial charge in [-0.15, -0.1) is 0 Å². The Balaban J connectivity index is 3.84. The molecule has 0 radical (unpaired) electrons. The molecule has 0 saturated carbocycles. The topological polar surface area (TPSA) is 35.5 Å². The van der Waals surface area contributed by atoms with E-state index in [2.05, 4.69) is 27.9 Å². The second-order valence-corrected chi connectivity index (χ2v) is 14.0.